The molecule has 0 fully saturated rings. The van der Waals surface area contributed by atoms with E-state index < -0.39 is 0 Å². The predicted octanol–water partition coefficient (Wildman–Crippen LogP) is 2.89. The molecule has 1 aliphatic heterocycles. The second-order valence-corrected chi connectivity index (χ2v) is 5.12. The normalized spacial score (nSPS) is 23.1. The lowest BCUT2D eigenvalue weighted by Crippen LogP contribution is -2.30. The molecule has 17 heavy (non-hydrogen) atoms. The van der Waals surface area contributed by atoms with Crippen molar-refractivity contribution in [2.75, 3.05) is 7.11 Å². The summed E-state index contributed by atoms with van der Waals surface area (Å²) >= 11 is 0. The number of hydrogen-bond acceptors (Lipinski definition) is 3. The Bertz CT molecular complexity index is 390. The topological polar surface area (TPSA) is 44.5 Å². The van der Waals surface area contributed by atoms with E-state index in [1.807, 2.05) is 18.2 Å². The van der Waals surface area contributed by atoms with E-state index in [4.69, 9.17) is 15.2 Å². The summed E-state index contributed by atoms with van der Waals surface area (Å²) in [6.07, 6.45) is 2.18. The molecule has 3 heteroatoms. The molecule has 0 saturated heterocycles. The first-order chi connectivity index (χ1) is 8.10. The SMILES string of the molecule is COc1ccc2c(c1)C(N)CC(CC(C)C)O2. The van der Waals surface area contributed by atoms with Crippen molar-refractivity contribution < 1.29 is 9.47 Å². The second-order valence-electron chi connectivity index (χ2n) is 5.12. The molecule has 1 aromatic rings. The first kappa shape index (κ1) is 12.2. The summed E-state index contributed by atoms with van der Waals surface area (Å²) in [5, 5.41) is 0. The summed E-state index contributed by atoms with van der Waals surface area (Å²) in [5.74, 6) is 2.38. The summed E-state index contributed by atoms with van der Waals surface area (Å²) in [6.45, 7) is 4.41. The van der Waals surface area contributed by atoms with Gasteiger partial charge in [-0.15, -0.1) is 0 Å². The van der Waals surface area contributed by atoms with Crippen LogP contribution in [0.3, 0.4) is 0 Å². The Morgan fingerprint density at radius 2 is 2.24 bits per heavy atom. The van der Waals surface area contributed by atoms with E-state index in [1.54, 1.807) is 7.11 Å². The van der Waals surface area contributed by atoms with Crippen molar-refractivity contribution in [3.63, 3.8) is 0 Å². The fraction of sp³-hybridized carbons (Fsp3) is 0.571. The molecule has 1 aromatic carbocycles. The number of nitrogens with two attached hydrogens (primary N) is 1. The van der Waals surface area contributed by atoms with Crippen molar-refractivity contribution in [2.24, 2.45) is 11.7 Å². The third-order valence-corrected chi connectivity index (χ3v) is 3.16. The molecule has 2 atom stereocenters. The molecule has 2 N–H and O–H groups in total. The summed E-state index contributed by atoms with van der Waals surface area (Å²) in [5.41, 5.74) is 7.26. The fourth-order valence-corrected chi connectivity index (χ4v) is 2.36. The molecular weight excluding hydrogens is 214 g/mol. The van der Waals surface area contributed by atoms with Gasteiger partial charge in [0.2, 0.25) is 0 Å². The Morgan fingerprint density at radius 1 is 1.47 bits per heavy atom. The Labute approximate surface area is 103 Å². The highest BCUT2D eigenvalue weighted by Gasteiger charge is 2.26. The lowest BCUT2D eigenvalue weighted by molar-refractivity contribution is 0.136. The van der Waals surface area contributed by atoms with E-state index in [0.29, 0.717) is 5.92 Å². The van der Waals surface area contributed by atoms with Gasteiger partial charge in [-0.25, -0.2) is 0 Å². The average molecular weight is 235 g/mol. The minimum absolute atomic E-state index is 0.0533. The standard InChI is InChI=1S/C14H21NO2/c1-9(2)6-11-8-13(15)12-7-10(16-3)4-5-14(12)17-11/h4-5,7,9,11,13H,6,8,15H2,1-3H3. The summed E-state index contributed by atoms with van der Waals surface area (Å²) in [7, 11) is 1.67. The lowest BCUT2D eigenvalue weighted by Gasteiger charge is -2.31. The fourth-order valence-electron chi connectivity index (χ4n) is 2.36. The third-order valence-electron chi connectivity index (χ3n) is 3.16. The van der Waals surface area contributed by atoms with Crippen LogP contribution >= 0.6 is 0 Å². The van der Waals surface area contributed by atoms with E-state index in [9.17, 15) is 0 Å². The Hall–Kier alpha value is -1.22. The molecule has 0 spiro atoms. The van der Waals surface area contributed by atoms with Gasteiger partial charge < -0.3 is 15.2 Å². The molecule has 0 aliphatic carbocycles. The van der Waals surface area contributed by atoms with E-state index >= 15 is 0 Å². The van der Waals surface area contributed by atoms with Gasteiger partial charge in [0.1, 0.15) is 17.6 Å². The highest BCUT2D eigenvalue weighted by Crippen LogP contribution is 2.37. The van der Waals surface area contributed by atoms with E-state index in [-0.39, 0.29) is 12.1 Å². The van der Waals surface area contributed by atoms with Gasteiger partial charge in [-0.1, -0.05) is 13.8 Å². The molecule has 1 aliphatic rings. The van der Waals surface area contributed by atoms with Crippen LogP contribution in [0.2, 0.25) is 0 Å². The monoisotopic (exact) mass is 235 g/mol. The largest absolute Gasteiger partial charge is 0.497 e. The van der Waals surface area contributed by atoms with Crippen LogP contribution in [0.15, 0.2) is 18.2 Å². The van der Waals surface area contributed by atoms with E-state index in [2.05, 4.69) is 13.8 Å². The van der Waals surface area contributed by atoms with Crippen molar-refractivity contribution in [3.05, 3.63) is 23.8 Å². The van der Waals surface area contributed by atoms with Gasteiger partial charge in [-0.05, 0) is 30.5 Å². The number of methoxy groups -OCH3 is 1. The van der Waals surface area contributed by atoms with Crippen LogP contribution in [0.5, 0.6) is 11.5 Å². The molecule has 1 heterocycles. The van der Waals surface area contributed by atoms with Crippen LogP contribution in [-0.2, 0) is 0 Å². The molecule has 0 aromatic heterocycles. The number of fused-ring (bicyclic) bond motifs is 1. The molecule has 0 saturated carbocycles. The van der Waals surface area contributed by atoms with Crippen molar-refractivity contribution in [1.29, 1.82) is 0 Å². The van der Waals surface area contributed by atoms with Crippen LogP contribution in [-0.4, -0.2) is 13.2 Å². The zero-order valence-electron chi connectivity index (χ0n) is 10.8. The summed E-state index contributed by atoms with van der Waals surface area (Å²) < 4.78 is 11.2. The van der Waals surface area contributed by atoms with Gasteiger partial charge >= 0.3 is 0 Å². The van der Waals surface area contributed by atoms with Gasteiger partial charge in [0.05, 0.1) is 7.11 Å². The minimum atomic E-state index is 0.0533. The molecule has 0 bridgehead atoms. The lowest BCUT2D eigenvalue weighted by atomic mass is 9.93. The maximum atomic E-state index is 6.20. The Kier molecular flexibility index (Phi) is 3.57. The average Bonchev–Trinajstić information content (AvgIpc) is 2.28. The minimum Gasteiger partial charge on any atom is -0.497 e. The van der Waals surface area contributed by atoms with Gasteiger partial charge in [-0.2, -0.15) is 0 Å². The van der Waals surface area contributed by atoms with Crippen LogP contribution in [0.25, 0.3) is 0 Å². The molecule has 0 radical (unpaired) electrons. The zero-order valence-corrected chi connectivity index (χ0v) is 10.8. The van der Waals surface area contributed by atoms with Gasteiger partial charge in [0.15, 0.2) is 0 Å². The highest BCUT2D eigenvalue weighted by molar-refractivity contribution is 5.43. The smallest absolute Gasteiger partial charge is 0.124 e. The van der Waals surface area contributed by atoms with Crippen LogP contribution in [0, 0.1) is 5.92 Å². The number of rotatable bonds is 3. The van der Waals surface area contributed by atoms with Crippen LogP contribution in [0.1, 0.15) is 38.3 Å². The van der Waals surface area contributed by atoms with Crippen molar-refractivity contribution in [3.8, 4) is 11.5 Å². The Morgan fingerprint density at radius 3 is 2.88 bits per heavy atom. The Balaban J connectivity index is 2.19. The van der Waals surface area contributed by atoms with Crippen molar-refractivity contribution in [2.45, 2.75) is 38.8 Å². The number of hydrogen-bond donors (Lipinski definition) is 1. The number of ether oxygens (including phenoxy) is 2. The highest BCUT2D eigenvalue weighted by atomic mass is 16.5. The maximum absolute atomic E-state index is 6.20. The third kappa shape index (κ3) is 2.72. The quantitative estimate of drug-likeness (QED) is 0.876. The van der Waals surface area contributed by atoms with E-state index in [0.717, 1.165) is 29.9 Å². The summed E-state index contributed by atoms with van der Waals surface area (Å²) in [4.78, 5) is 0. The van der Waals surface area contributed by atoms with E-state index in [1.165, 1.54) is 0 Å². The molecule has 0 amide bonds. The van der Waals surface area contributed by atoms with Crippen LogP contribution in [0.4, 0.5) is 0 Å². The van der Waals surface area contributed by atoms with Gasteiger partial charge in [0.25, 0.3) is 0 Å². The molecule has 3 nitrogen and oxygen atoms in total. The number of benzene rings is 1. The van der Waals surface area contributed by atoms with Crippen LogP contribution < -0.4 is 15.2 Å². The zero-order chi connectivity index (χ0) is 12.4. The molecule has 2 rings (SSSR count). The first-order valence-electron chi connectivity index (χ1n) is 6.20. The molecular formula is C14H21NO2. The predicted molar refractivity (Wildman–Crippen MR) is 68.4 cm³/mol. The summed E-state index contributed by atoms with van der Waals surface area (Å²) in [6, 6.07) is 5.91. The maximum Gasteiger partial charge on any atom is 0.124 e. The van der Waals surface area contributed by atoms with Gasteiger partial charge in [0, 0.05) is 18.0 Å². The molecule has 2 unspecified atom stereocenters. The second kappa shape index (κ2) is 4.96. The van der Waals surface area contributed by atoms with Gasteiger partial charge in [-0.3, -0.25) is 0 Å². The molecule has 94 valence electrons. The van der Waals surface area contributed by atoms with Crippen molar-refractivity contribution in [1.82, 2.24) is 0 Å². The van der Waals surface area contributed by atoms with Crippen molar-refractivity contribution >= 4 is 0 Å². The first-order valence-corrected chi connectivity index (χ1v) is 6.20.